The average Bonchev–Trinajstić information content (AvgIpc) is 2.80. The molecule has 0 saturated heterocycles. The van der Waals surface area contributed by atoms with Gasteiger partial charge in [-0.05, 0) is 29.8 Å². The van der Waals surface area contributed by atoms with Crippen LogP contribution in [0.5, 0.6) is 0 Å². The SMILES string of the molecule is O=C(O)c1ccc2c(c1)nc(Nc1ccccc1)c1nc(Cc3ccccc3)ncc12. The van der Waals surface area contributed by atoms with Gasteiger partial charge in [-0.25, -0.2) is 19.7 Å². The number of carbonyl (C=O) groups is 1. The Morgan fingerprint density at radius 3 is 2.35 bits per heavy atom. The molecule has 0 aliphatic carbocycles. The van der Waals surface area contributed by atoms with Crippen molar-refractivity contribution in [2.75, 3.05) is 5.32 Å². The number of hydrogen-bond donors (Lipinski definition) is 2. The number of anilines is 2. The summed E-state index contributed by atoms with van der Waals surface area (Å²) < 4.78 is 0. The van der Waals surface area contributed by atoms with Crippen LogP contribution < -0.4 is 5.32 Å². The van der Waals surface area contributed by atoms with Gasteiger partial charge in [0, 0.05) is 29.1 Å². The Balaban J connectivity index is 1.69. The molecular weight excluding hydrogens is 388 g/mol. The van der Waals surface area contributed by atoms with Crippen molar-refractivity contribution in [2.24, 2.45) is 0 Å². The molecule has 0 spiro atoms. The number of benzene rings is 3. The number of nitrogens with one attached hydrogen (secondary N) is 1. The minimum atomic E-state index is -0.990. The Hall–Kier alpha value is -4.32. The van der Waals surface area contributed by atoms with Crippen LogP contribution in [0.15, 0.2) is 85.1 Å². The van der Waals surface area contributed by atoms with Crippen LogP contribution in [0.1, 0.15) is 21.7 Å². The third kappa shape index (κ3) is 3.79. The van der Waals surface area contributed by atoms with Crippen molar-refractivity contribution in [1.82, 2.24) is 15.0 Å². The van der Waals surface area contributed by atoms with E-state index in [1.807, 2.05) is 60.7 Å². The Bertz CT molecular complexity index is 1400. The van der Waals surface area contributed by atoms with Gasteiger partial charge in [0.25, 0.3) is 0 Å². The molecule has 0 saturated carbocycles. The smallest absolute Gasteiger partial charge is 0.335 e. The van der Waals surface area contributed by atoms with Crippen molar-refractivity contribution in [3.63, 3.8) is 0 Å². The largest absolute Gasteiger partial charge is 0.478 e. The van der Waals surface area contributed by atoms with E-state index >= 15 is 0 Å². The summed E-state index contributed by atoms with van der Waals surface area (Å²) in [4.78, 5) is 25.6. The minimum Gasteiger partial charge on any atom is -0.478 e. The zero-order chi connectivity index (χ0) is 21.2. The lowest BCUT2D eigenvalue weighted by molar-refractivity contribution is 0.0697. The van der Waals surface area contributed by atoms with Gasteiger partial charge in [0.2, 0.25) is 0 Å². The molecule has 3 aromatic carbocycles. The second kappa shape index (κ2) is 7.84. The molecule has 6 nitrogen and oxygen atoms in total. The number of pyridine rings is 1. The maximum atomic E-state index is 11.4. The van der Waals surface area contributed by atoms with E-state index in [-0.39, 0.29) is 5.56 Å². The van der Waals surface area contributed by atoms with E-state index in [1.165, 1.54) is 0 Å². The molecule has 150 valence electrons. The molecule has 2 heterocycles. The highest BCUT2D eigenvalue weighted by atomic mass is 16.4. The number of carboxylic acid groups (broad SMARTS) is 1. The monoisotopic (exact) mass is 406 g/mol. The highest BCUT2D eigenvalue weighted by Gasteiger charge is 2.14. The number of hydrogen-bond acceptors (Lipinski definition) is 5. The number of fused-ring (bicyclic) bond motifs is 3. The topological polar surface area (TPSA) is 88.0 Å². The second-order valence-electron chi connectivity index (χ2n) is 7.20. The summed E-state index contributed by atoms with van der Waals surface area (Å²) in [5, 5.41) is 14.3. The summed E-state index contributed by atoms with van der Waals surface area (Å²) in [6.07, 6.45) is 2.40. The molecule has 5 aromatic rings. The molecule has 0 aliphatic heterocycles. The van der Waals surface area contributed by atoms with Gasteiger partial charge < -0.3 is 10.4 Å². The summed E-state index contributed by atoms with van der Waals surface area (Å²) in [6, 6.07) is 24.7. The molecular formula is C25H18N4O2. The molecule has 2 N–H and O–H groups in total. The number of para-hydroxylation sites is 1. The molecule has 31 heavy (non-hydrogen) atoms. The van der Waals surface area contributed by atoms with E-state index in [0.29, 0.717) is 29.1 Å². The van der Waals surface area contributed by atoms with Gasteiger partial charge in [-0.15, -0.1) is 0 Å². The lowest BCUT2D eigenvalue weighted by Gasteiger charge is -2.12. The lowest BCUT2D eigenvalue weighted by Crippen LogP contribution is -2.03. The summed E-state index contributed by atoms with van der Waals surface area (Å²) in [5.74, 6) is 0.266. The standard InChI is InChI=1S/C25H18N4O2/c30-25(31)17-11-12-19-20-15-26-22(13-16-7-3-1-4-8-16)29-23(20)24(28-21(19)14-17)27-18-9-5-2-6-10-18/h1-12,14-15H,13H2,(H,27,28)(H,30,31). The van der Waals surface area contributed by atoms with E-state index in [0.717, 1.165) is 22.0 Å². The number of rotatable bonds is 5. The van der Waals surface area contributed by atoms with Crippen molar-refractivity contribution in [1.29, 1.82) is 0 Å². The fourth-order valence-electron chi connectivity index (χ4n) is 3.56. The molecule has 0 aliphatic rings. The van der Waals surface area contributed by atoms with E-state index in [9.17, 15) is 9.90 Å². The van der Waals surface area contributed by atoms with Gasteiger partial charge in [-0.1, -0.05) is 54.6 Å². The van der Waals surface area contributed by atoms with Gasteiger partial charge >= 0.3 is 5.97 Å². The average molecular weight is 406 g/mol. The highest BCUT2D eigenvalue weighted by Crippen LogP contribution is 2.30. The van der Waals surface area contributed by atoms with Crippen LogP contribution in [0.3, 0.4) is 0 Å². The van der Waals surface area contributed by atoms with Crippen LogP contribution in [0.25, 0.3) is 21.8 Å². The zero-order valence-corrected chi connectivity index (χ0v) is 16.5. The summed E-state index contributed by atoms with van der Waals surface area (Å²) in [6.45, 7) is 0. The first-order chi connectivity index (χ1) is 15.2. The van der Waals surface area contributed by atoms with Gasteiger partial charge in [0.1, 0.15) is 11.3 Å². The van der Waals surface area contributed by atoms with Gasteiger partial charge in [0.05, 0.1) is 11.1 Å². The summed E-state index contributed by atoms with van der Waals surface area (Å²) in [7, 11) is 0. The highest BCUT2D eigenvalue weighted by molar-refractivity contribution is 6.09. The van der Waals surface area contributed by atoms with Crippen LogP contribution in [0.2, 0.25) is 0 Å². The van der Waals surface area contributed by atoms with Gasteiger partial charge in [-0.3, -0.25) is 0 Å². The predicted octanol–water partition coefficient (Wildman–Crippen LogP) is 5.21. The van der Waals surface area contributed by atoms with Crippen molar-refractivity contribution >= 4 is 39.3 Å². The Labute approximate surface area is 178 Å². The van der Waals surface area contributed by atoms with E-state index in [4.69, 9.17) is 9.97 Å². The molecule has 0 amide bonds. The molecule has 0 bridgehead atoms. The first kappa shape index (κ1) is 18.7. The van der Waals surface area contributed by atoms with Crippen LogP contribution in [-0.4, -0.2) is 26.0 Å². The van der Waals surface area contributed by atoms with Crippen LogP contribution >= 0.6 is 0 Å². The molecule has 0 atom stereocenters. The van der Waals surface area contributed by atoms with Crippen molar-refractivity contribution < 1.29 is 9.90 Å². The lowest BCUT2D eigenvalue weighted by atomic mass is 10.1. The fraction of sp³-hybridized carbons (Fsp3) is 0.0400. The molecule has 6 heteroatoms. The van der Waals surface area contributed by atoms with Crippen LogP contribution in [0, 0.1) is 0 Å². The molecule has 2 aromatic heterocycles. The van der Waals surface area contributed by atoms with Gasteiger partial charge in [-0.2, -0.15) is 0 Å². The van der Waals surface area contributed by atoms with Crippen LogP contribution in [-0.2, 0) is 6.42 Å². The third-order valence-electron chi connectivity index (χ3n) is 5.07. The van der Waals surface area contributed by atoms with Crippen molar-refractivity contribution in [3.05, 3.63) is 102 Å². The Morgan fingerprint density at radius 1 is 0.871 bits per heavy atom. The normalized spacial score (nSPS) is 11.0. The molecule has 5 rings (SSSR count). The third-order valence-corrected chi connectivity index (χ3v) is 5.07. The number of aromatic nitrogens is 3. The fourth-order valence-corrected chi connectivity index (χ4v) is 3.56. The van der Waals surface area contributed by atoms with Gasteiger partial charge in [0.15, 0.2) is 5.82 Å². The molecule has 0 fully saturated rings. The van der Waals surface area contributed by atoms with Crippen molar-refractivity contribution in [3.8, 4) is 0 Å². The summed E-state index contributed by atoms with van der Waals surface area (Å²) in [5.41, 5.74) is 3.45. The van der Waals surface area contributed by atoms with Crippen molar-refractivity contribution in [2.45, 2.75) is 6.42 Å². The first-order valence-electron chi connectivity index (χ1n) is 9.86. The summed E-state index contributed by atoms with van der Waals surface area (Å²) >= 11 is 0. The predicted molar refractivity (Wildman–Crippen MR) is 121 cm³/mol. The number of nitrogens with zero attached hydrogens (tertiary/aromatic N) is 3. The quantitative estimate of drug-likeness (QED) is 0.390. The molecule has 0 radical (unpaired) electrons. The number of aromatic carboxylic acids is 1. The molecule has 0 unspecified atom stereocenters. The van der Waals surface area contributed by atoms with E-state index in [1.54, 1.807) is 24.4 Å². The maximum absolute atomic E-state index is 11.4. The maximum Gasteiger partial charge on any atom is 0.335 e. The number of carboxylic acids is 1. The Kier molecular flexibility index (Phi) is 4.72. The second-order valence-corrected chi connectivity index (χ2v) is 7.20. The van der Waals surface area contributed by atoms with Crippen LogP contribution in [0.4, 0.5) is 11.5 Å². The Morgan fingerprint density at radius 2 is 1.61 bits per heavy atom. The zero-order valence-electron chi connectivity index (χ0n) is 16.5. The minimum absolute atomic E-state index is 0.187. The first-order valence-corrected chi connectivity index (χ1v) is 9.86. The van der Waals surface area contributed by atoms with E-state index in [2.05, 4.69) is 10.3 Å². The van der Waals surface area contributed by atoms with E-state index < -0.39 is 5.97 Å².